The maximum absolute atomic E-state index is 4.37. The van der Waals surface area contributed by atoms with E-state index in [0.717, 1.165) is 35.6 Å². The van der Waals surface area contributed by atoms with E-state index >= 15 is 0 Å². The van der Waals surface area contributed by atoms with E-state index in [1.807, 2.05) is 25.2 Å². The maximum Gasteiger partial charge on any atom is 0.148 e. The van der Waals surface area contributed by atoms with Crippen LogP contribution in [0.1, 0.15) is 6.42 Å². The monoisotopic (exact) mass is 320 g/mol. The Balaban J connectivity index is 1.74. The molecule has 0 unspecified atom stereocenters. The molecule has 1 N–H and O–H groups in total. The minimum Gasteiger partial charge on any atom is -0.385 e. The molecule has 4 nitrogen and oxygen atoms in total. The van der Waals surface area contributed by atoms with Gasteiger partial charge < -0.3 is 10.2 Å². The van der Waals surface area contributed by atoms with Gasteiger partial charge in [-0.15, -0.1) is 0 Å². The van der Waals surface area contributed by atoms with Crippen LogP contribution < -0.4 is 10.2 Å². The van der Waals surface area contributed by atoms with Crippen molar-refractivity contribution in [1.29, 1.82) is 0 Å². The number of benzene rings is 1. The van der Waals surface area contributed by atoms with Gasteiger partial charge in [-0.1, -0.05) is 18.2 Å². The highest BCUT2D eigenvalue weighted by Crippen LogP contribution is 2.12. The molecule has 2 aromatic rings. The van der Waals surface area contributed by atoms with Gasteiger partial charge >= 0.3 is 0 Å². The van der Waals surface area contributed by atoms with Gasteiger partial charge in [-0.25, -0.2) is 4.98 Å². The number of anilines is 2. The largest absolute Gasteiger partial charge is 0.385 e. The van der Waals surface area contributed by atoms with Crippen molar-refractivity contribution in [3.05, 3.63) is 47.3 Å². The van der Waals surface area contributed by atoms with Crippen LogP contribution in [0.5, 0.6) is 0 Å². The summed E-state index contributed by atoms with van der Waals surface area (Å²) in [6.07, 6.45) is 4.50. The number of nitrogens with zero attached hydrogens (tertiary/aromatic N) is 3. The molecule has 0 radical (unpaired) electrons. The first-order chi connectivity index (χ1) is 9.25. The molecular weight excluding hydrogens is 304 g/mol. The van der Waals surface area contributed by atoms with E-state index in [0.29, 0.717) is 0 Å². The van der Waals surface area contributed by atoms with Gasteiger partial charge in [0.05, 0.1) is 12.4 Å². The van der Waals surface area contributed by atoms with E-state index in [-0.39, 0.29) is 0 Å². The highest BCUT2D eigenvalue weighted by molar-refractivity contribution is 9.10. The number of nitrogens with one attached hydrogen (secondary N) is 1. The molecule has 0 aliphatic rings. The summed E-state index contributed by atoms with van der Waals surface area (Å²) in [6, 6.07) is 10.2. The molecule has 1 aromatic carbocycles. The van der Waals surface area contributed by atoms with Crippen LogP contribution in [0, 0.1) is 0 Å². The lowest BCUT2D eigenvalue weighted by Crippen LogP contribution is -2.22. The van der Waals surface area contributed by atoms with Crippen LogP contribution in [0.15, 0.2) is 47.3 Å². The van der Waals surface area contributed by atoms with Gasteiger partial charge in [0.2, 0.25) is 0 Å². The summed E-state index contributed by atoms with van der Waals surface area (Å²) in [5, 5.41) is 3.39. The van der Waals surface area contributed by atoms with E-state index < -0.39 is 0 Å². The van der Waals surface area contributed by atoms with Gasteiger partial charge in [0.1, 0.15) is 10.4 Å². The van der Waals surface area contributed by atoms with Crippen molar-refractivity contribution < 1.29 is 0 Å². The van der Waals surface area contributed by atoms with Crippen molar-refractivity contribution in [2.24, 2.45) is 0 Å². The third-order valence-electron chi connectivity index (χ3n) is 2.76. The first kappa shape index (κ1) is 13.8. The van der Waals surface area contributed by atoms with Crippen molar-refractivity contribution in [1.82, 2.24) is 9.97 Å². The molecule has 0 fully saturated rings. The molecule has 0 aliphatic carbocycles. The maximum atomic E-state index is 4.37. The van der Waals surface area contributed by atoms with E-state index in [1.54, 1.807) is 12.4 Å². The Labute approximate surface area is 122 Å². The summed E-state index contributed by atoms with van der Waals surface area (Å²) in [7, 11) is 2.03. The molecule has 0 saturated heterocycles. The lowest BCUT2D eigenvalue weighted by atomic mass is 10.3. The van der Waals surface area contributed by atoms with Crippen LogP contribution in [-0.2, 0) is 0 Å². The molecule has 0 bridgehead atoms. The van der Waals surface area contributed by atoms with Gasteiger partial charge in [0.15, 0.2) is 0 Å². The van der Waals surface area contributed by atoms with Crippen molar-refractivity contribution >= 4 is 27.4 Å². The molecule has 0 saturated carbocycles. The Morgan fingerprint density at radius 2 is 2.00 bits per heavy atom. The molecule has 0 spiro atoms. The molecule has 0 amide bonds. The molecule has 19 heavy (non-hydrogen) atoms. The number of aromatic nitrogens is 2. The first-order valence-electron chi connectivity index (χ1n) is 6.23. The van der Waals surface area contributed by atoms with Crippen LogP contribution in [-0.4, -0.2) is 30.1 Å². The Bertz CT molecular complexity index is 504. The fraction of sp³-hybridized carbons (Fsp3) is 0.286. The predicted molar refractivity (Wildman–Crippen MR) is 82.6 cm³/mol. The van der Waals surface area contributed by atoms with Gasteiger partial charge in [-0.3, -0.25) is 4.98 Å². The van der Waals surface area contributed by atoms with Crippen molar-refractivity contribution in [3.63, 3.8) is 0 Å². The van der Waals surface area contributed by atoms with Crippen molar-refractivity contribution in [2.45, 2.75) is 6.42 Å². The smallest absolute Gasteiger partial charge is 0.148 e. The fourth-order valence-corrected chi connectivity index (χ4v) is 2.04. The number of hydrogen-bond donors (Lipinski definition) is 1. The topological polar surface area (TPSA) is 41.0 Å². The Morgan fingerprint density at radius 1 is 1.21 bits per heavy atom. The lowest BCUT2D eigenvalue weighted by Gasteiger charge is -2.18. The Morgan fingerprint density at radius 3 is 2.74 bits per heavy atom. The van der Waals surface area contributed by atoms with Crippen LogP contribution in [0.2, 0.25) is 0 Å². The lowest BCUT2D eigenvalue weighted by molar-refractivity contribution is 0.801. The summed E-state index contributed by atoms with van der Waals surface area (Å²) in [6.45, 7) is 1.88. The minimum absolute atomic E-state index is 0.763. The van der Waals surface area contributed by atoms with E-state index in [2.05, 4.69) is 48.2 Å². The van der Waals surface area contributed by atoms with Gasteiger partial charge in [0, 0.05) is 25.8 Å². The second-order valence-corrected chi connectivity index (χ2v) is 5.08. The second kappa shape index (κ2) is 7.09. The molecule has 1 heterocycles. The van der Waals surface area contributed by atoms with E-state index in [4.69, 9.17) is 0 Å². The molecular formula is C14H17BrN4. The Hall–Kier alpha value is -1.62. The first-order valence-corrected chi connectivity index (χ1v) is 7.02. The number of para-hydroxylation sites is 1. The average Bonchev–Trinajstić information content (AvgIpc) is 2.44. The molecule has 2 rings (SSSR count). The van der Waals surface area contributed by atoms with Gasteiger partial charge in [-0.05, 0) is 34.5 Å². The normalized spacial score (nSPS) is 10.2. The van der Waals surface area contributed by atoms with Crippen LogP contribution >= 0.6 is 15.9 Å². The third kappa shape index (κ3) is 4.52. The quantitative estimate of drug-likeness (QED) is 0.830. The van der Waals surface area contributed by atoms with Crippen molar-refractivity contribution in [2.75, 3.05) is 30.4 Å². The van der Waals surface area contributed by atoms with Gasteiger partial charge in [0.25, 0.3) is 0 Å². The van der Waals surface area contributed by atoms with Gasteiger partial charge in [-0.2, -0.15) is 0 Å². The molecule has 100 valence electrons. The number of hydrogen-bond acceptors (Lipinski definition) is 4. The average molecular weight is 321 g/mol. The van der Waals surface area contributed by atoms with Crippen LogP contribution in [0.3, 0.4) is 0 Å². The minimum atomic E-state index is 0.763. The second-order valence-electron chi connectivity index (χ2n) is 4.27. The summed E-state index contributed by atoms with van der Waals surface area (Å²) >= 11 is 3.33. The predicted octanol–water partition coefficient (Wildman–Crippen LogP) is 3.18. The standard InChI is InChI=1S/C14H17BrN4/c1-19(14-11-16-10-13(15)18-14)9-5-8-17-12-6-3-2-4-7-12/h2-4,6-7,10-11,17H,5,8-9H2,1H3. The summed E-state index contributed by atoms with van der Waals surface area (Å²) < 4.78 is 0.763. The van der Waals surface area contributed by atoms with Crippen LogP contribution in [0.25, 0.3) is 0 Å². The molecule has 5 heteroatoms. The molecule has 0 aliphatic heterocycles. The highest BCUT2D eigenvalue weighted by atomic mass is 79.9. The SMILES string of the molecule is CN(CCCNc1ccccc1)c1cncc(Br)n1. The fourth-order valence-electron chi connectivity index (χ4n) is 1.74. The zero-order valence-electron chi connectivity index (χ0n) is 10.9. The van der Waals surface area contributed by atoms with E-state index in [9.17, 15) is 0 Å². The third-order valence-corrected chi connectivity index (χ3v) is 3.14. The molecule has 0 atom stereocenters. The Kier molecular flexibility index (Phi) is 5.15. The zero-order chi connectivity index (χ0) is 13.5. The van der Waals surface area contributed by atoms with Crippen molar-refractivity contribution in [3.8, 4) is 0 Å². The van der Waals surface area contributed by atoms with Crippen LogP contribution in [0.4, 0.5) is 11.5 Å². The summed E-state index contributed by atoms with van der Waals surface area (Å²) in [5.41, 5.74) is 1.16. The zero-order valence-corrected chi connectivity index (χ0v) is 12.5. The number of rotatable bonds is 6. The highest BCUT2D eigenvalue weighted by Gasteiger charge is 2.02. The van der Waals surface area contributed by atoms with E-state index in [1.165, 1.54) is 0 Å². The summed E-state index contributed by atoms with van der Waals surface area (Å²) in [5.74, 6) is 0.883. The summed E-state index contributed by atoms with van der Waals surface area (Å²) in [4.78, 5) is 10.6. The number of halogens is 1. The molecule has 1 aromatic heterocycles.